The highest BCUT2D eigenvalue weighted by molar-refractivity contribution is 5.97. The molecule has 0 aliphatic carbocycles. The summed E-state index contributed by atoms with van der Waals surface area (Å²) >= 11 is 0. The van der Waals surface area contributed by atoms with Crippen LogP contribution in [0, 0.1) is 13.8 Å². The zero-order chi connectivity index (χ0) is 14.0. The van der Waals surface area contributed by atoms with E-state index in [0.29, 0.717) is 13.0 Å². The van der Waals surface area contributed by atoms with Crippen LogP contribution in [0.25, 0.3) is 0 Å². The van der Waals surface area contributed by atoms with Crippen molar-refractivity contribution in [1.29, 1.82) is 0 Å². The van der Waals surface area contributed by atoms with Gasteiger partial charge in [0.25, 0.3) is 5.91 Å². The van der Waals surface area contributed by atoms with Crippen LogP contribution in [0.15, 0.2) is 18.2 Å². The molecule has 0 radical (unpaired) electrons. The average Bonchev–Trinajstić information content (AvgIpc) is 2.50. The lowest BCUT2D eigenvalue weighted by molar-refractivity contribution is 0.0438. The van der Waals surface area contributed by atoms with Crippen LogP contribution in [0.1, 0.15) is 47.7 Å². The van der Waals surface area contributed by atoms with Gasteiger partial charge in [-0.05, 0) is 51.2 Å². The van der Waals surface area contributed by atoms with Crippen molar-refractivity contribution in [2.24, 2.45) is 0 Å². The van der Waals surface area contributed by atoms with Crippen LogP contribution in [0.5, 0.6) is 0 Å². The molecule has 1 N–H and O–H groups in total. The highest BCUT2D eigenvalue weighted by Crippen LogP contribution is 2.24. The van der Waals surface area contributed by atoms with E-state index in [1.165, 1.54) is 0 Å². The molecule has 1 fully saturated rings. The molecule has 0 aromatic heterocycles. The smallest absolute Gasteiger partial charge is 0.254 e. The Morgan fingerprint density at radius 1 is 1.21 bits per heavy atom. The molecule has 1 aliphatic heterocycles. The fourth-order valence-electron chi connectivity index (χ4n) is 2.78. The normalized spacial score (nSPS) is 24.1. The Kier molecular flexibility index (Phi) is 3.95. The highest BCUT2D eigenvalue weighted by Gasteiger charge is 2.28. The molecule has 1 amide bonds. The molecule has 3 nitrogen and oxygen atoms in total. The number of amides is 1. The minimum absolute atomic E-state index is 0.105. The molecule has 3 heteroatoms. The molecule has 1 heterocycles. The number of hydrogen-bond donors (Lipinski definition) is 1. The summed E-state index contributed by atoms with van der Waals surface area (Å²) in [7, 11) is 0. The quantitative estimate of drug-likeness (QED) is 0.844. The van der Waals surface area contributed by atoms with Crippen molar-refractivity contribution in [3.05, 3.63) is 34.9 Å². The van der Waals surface area contributed by atoms with Crippen molar-refractivity contribution < 1.29 is 9.90 Å². The maximum atomic E-state index is 12.6. The van der Waals surface area contributed by atoms with Crippen molar-refractivity contribution in [2.45, 2.75) is 45.6 Å². The Balaban J connectivity index is 2.20. The van der Waals surface area contributed by atoms with E-state index in [-0.39, 0.29) is 5.91 Å². The number of nitrogens with zero attached hydrogens (tertiary/aromatic N) is 1. The fourth-order valence-corrected chi connectivity index (χ4v) is 2.78. The Morgan fingerprint density at radius 3 is 2.47 bits per heavy atom. The van der Waals surface area contributed by atoms with Crippen molar-refractivity contribution >= 4 is 5.91 Å². The summed E-state index contributed by atoms with van der Waals surface area (Å²) in [5, 5.41) is 10.1. The second-order valence-electron chi connectivity index (χ2n) is 5.91. The summed E-state index contributed by atoms with van der Waals surface area (Å²) < 4.78 is 0. The number of hydrogen-bond acceptors (Lipinski definition) is 2. The Bertz CT molecular complexity index is 459. The van der Waals surface area contributed by atoms with Crippen LogP contribution < -0.4 is 0 Å². The first-order valence-electron chi connectivity index (χ1n) is 6.98. The highest BCUT2D eigenvalue weighted by atomic mass is 16.3. The van der Waals surface area contributed by atoms with Crippen LogP contribution in [-0.4, -0.2) is 34.6 Å². The van der Waals surface area contributed by atoms with Gasteiger partial charge in [0, 0.05) is 18.7 Å². The van der Waals surface area contributed by atoms with Crippen molar-refractivity contribution in [3.8, 4) is 0 Å². The lowest BCUT2D eigenvalue weighted by Gasteiger charge is -2.24. The summed E-state index contributed by atoms with van der Waals surface area (Å²) in [5.74, 6) is 0.105. The van der Waals surface area contributed by atoms with E-state index in [2.05, 4.69) is 0 Å². The Morgan fingerprint density at radius 2 is 1.84 bits per heavy atom. The third-order valence-electron chi connectivity index (χ3n) is 4.05. The van der Waals surface area contributed by atoms with Gasteiger partial charge in [0.05, 0.1) is 5.60 Å². The van der Waals surface area contributed by atoms with Crippen molar-refractivity contribution in [1.82, 2.24) is 4.90 Å². The average molecular weight is 261 g/mol. The monoisotopic (exact) mass is 261 g/mol. The number of likely N-dealkylation sites (tertiary alicyclic amines) is 1. The van der Waals surface area contributed by atoms with E-state index in [1.54, 1.807) is 0 Å². The maximum absolute atomic E-state index is 12.6. The summed E-state index contributed by atoms with van der Waals surface area (Å²) in [4.78, 5) is 14.5. The minimum atomic E-state index is -0.629. The third kappa shape index (κ3) is 3.16. The molecule has 1 atom stereocenters. The fraction of sp³-hybridized carbons (Fsp3) is 0.562. The van der Waals surface area contributed by atoms with Crippen LogP contribution in [0.2, 0.25) is 0 Å². The molecule has 2 rings (SSSR count). The van der Waals surface area contributed by atoms with Gasteiger partial charge in [-0.1, -0.05) is 18.2 Å². The number of carbonyl (C=O) groups excluding carboxylic acids is 1. The zero-order valence-electron chi connectivity index (χ0n) is 12.1. The van der Waals surface area contributed by atoms with E-state index in [0.717, 1.165) is 36.1 Å². The summed E-state index contributed by atoms with van der Waals surface area (Å²) in [6, 6.07) is 5.94. The van der Waals surface area contributed by atoms with Gasteiger partial charge < -0.3 is 10.0 Å². The standard InChI is InChI=1S/C16H23NO2/c1-12-6-4-7-13(2)14(12)15(18)17-10-5-8-16(3,19)9-11-17/h4,6-7,19H,5,8-11H2,1-3H3. The van der Waals surface area contributed by atoms with Gasteiger partial charge >= 0.3 is 0 Å². The molecule has 104 valence electrons. The Hall–Kier alpha value is -1.35. The Labute approximate surface area is 115 Å². The first-order valence-corrected chi connectivity index (χ1v) is 6.98. The molecule has 0 bridgehead atoms. The van der Waals surface area contributed by atoms with E-state index >= 15 is 0 Å². The largest absolute Gasteiger partial charge is 0.390 e. The van der Waals surface area contributed by atoms with E-state index < -0.39 is 5.60 Å². The van der Waals surface area contributed by atoms with Crippen LogP contribution in [0.4, 0.5) is 0 Å². The lowest BCUT2D eigenvalue weighted by Crippen LogP contribution is -2.34. The van der Waals surface area contributed by atoms with Crippen LogP contribution in [-0.2, 0) is 0 Å². The molecule has 0 spiro atoms. The van der Waals surface area contributed by atoms with Crippen molar-refractivity contribution in [3.63, 3.8) is 0 Å². The molecular formula is C16H23NO2. The first kappa shape index (κ1) is 14.1. The van der Waals surface area contributed by atoms with Gasteiger partial charge in [0.2, 0.25) is 0 Å². The number of carbonyl (C=O) groups is 1. The topological polar surface area (TPSA) is 40.5 Å². The first-order chi connectivity index (χ1) is 8.91. The third-order valence-corrected chi connectivity index (χ3v) is 4.05. The van der Waals surface area contributed by atoms with Gasteiger partial charge in [0.15, 0.2) is 0 Å². The zero-order valence-corrected chi connectivity index (χ0v) is 12.1. The molecule has 19 heavy (non-hydrogen) atoms. The van der Waals surface area contributed by atoms with Crippen LogP contribution in [0.3, 0.4) is 0 Å². The van der Waals surface area contributed by atoms with Gasteiger partial charge in [0.1, 0.15) is 0 Å². The summed E-state index contributed by atoms with van der Waals surface area (Å²) in [6.07, 6.45) is 2.29. The van der Waals surface area contributed by atoms with Gasteiger partial charge in [-0.25, -0.2) is 0 Å². The van der Waals surface area contributed by atoms with Gasteiger partial charge in [-0.15, -0.1) is 0 Å². The second kappa shape index (κ2) is 5.33. The van der Waals surface area contributed by atoms with Gasteiger partial charge in [-0.3, -0.25) is 4.79 Å². The van der Waals surface area contributed by atoms with Crippen LogP contribution >= 0.6 is 0 Å². The molecular weight excluding hydrogens is 238 g/mol. The molecule has 1 aromatic rings. The van der Waals surface area contributed by atoms with E-state index in [1.807, 2.05) is 43.9 Å². The van der Waals surface area contributed by atoms with Gasteiger partial charge in [-0.2, -0.15) is 0 Å². The molecule has 1 aliphatic rings. The molecule has 1 aromatic carbocycles. The maximum Gasteiger partial charge on any atom is 0.254 e. The predicted molar refractivity (Wildman–Crippen MR) is 76.3 cm³/mol. The SMILES string of the molecule is Cc1cccc(C)c1C(=O)N1CCCC(C)(O)CC1. The number of aliphatic hydroxyl groups is 1. The summed E-state index contributed by atoms with van der Waals surface area (Å²) in [5.41, 5.74) is 2.25. The van der Waals surface area contributed by atoms with E-state index in [4.69, 9.17) is 0 Å². The predicted octanol–water partition coefficient (Wildman–Crippen LogP) is 2.68. The van der Waals surface area contributed by atoms with Crippen molar-refractivity contribution in [2.75, 3.05) is 13.1 Å². The molecule has 1 saturated heterocycles. The summed E-state index contributed by atoms with van der Waals surface area (Å²) in [6.45, 7) is 7.20. The molecule has 0 saturated carbocycles. The minimum Gasteiger partial charge on any atom is -0.390 e. The van der Waals surface area contributed by atoms with E-state index in [9.17, 15) is 9.90 Å². The number of aryl methyl sites for hydroxylation is 2. The number of rotatable bonds is 1. The number of benzene rings is 1. The molecule has 1 unspecified atom stereocenters. The lowest BCUT2D eigenvalue weighted by atomic mass is 9.98. The second-order valence-corrected chi connectivity index (χ2v) is 5.91.